The molecular weight excluding hydrogens is 376 g/mol. The van der Waals surface area contributed by atoms with Crippen LogP contribution in [-0.2, 0) is 30.6 Å². The predicted octanol–water partition coefficient (Wildman–Crippen LogP) is 4.15. The molecule has 0 fully saturated rings. The van der Waals surface area contributed by atoms with Crippen molar-refractivity contribution in [3.8, 4) is 0 Å². The molecule has 3 unspecified atom stereocenters. The Morgan fingerprint density at radius 2 is 2.07 bits per heavy atom. The van der Waals surface area contributed by atoms with Gasteiger partial charge in [-0.1, -0.05) is 48.9 Å². The molecule has 3 rings (SSSR count). The molecule has 1 aliphatic carbocycles. The van der Waals surface area contributed by atoms with Crippen LogP contribution in [-0.4, -0.2) is 22.9 Å². The first kappa shape index (κ1) is 20.7. The van der Waals surface area contributed by atoms with E-state index in [0.29, 0.717) is 11.7 Å². The van der Waals surface area contributed by atoms with Crippen LogP contribution >= 0.6 is 11.6 Å². The van der Waals surface area contributed by atoms with E-state index in [1.54, 1.807) is 0 Å². The highest BCUT2D eigenvalue weighted by Crippen LogP contribution is 2.34. The highest BCUT2D eigenvalue weighted by Gasteiger charge is 2.27. The molecule has 5 heteroatoms. The summed E-state index contributed by atoms with van der Waals surface area (Å²) >= 11 is 5.25. The Labute approximate surface area is 171 Å². The lowest BCUT2D eigenvalue weighted by Crippen LogP contribution is -2.34. The molecule has 2 aromatic carbocycles. The highest BCUT2D eigenvalue weighted by atomic mass is 35.5. The van der Waals surface area contributed by atoms with Crippen LogP contribution in [0.2, 0.25) is 5.02 Å². The maximum Gasteiger partial charge on any atom is 0.125 e. The van der Waals surface area contributed by atoms with E-state index in [-0.39, 0.29) is 6.04 Å². The van der Waals surface area contributed by atoms with Gasteiger partial charge in [0.15, 0.2) is 0 Å². The minimum Gasteiger partial charge on any atom is -0.598 e. The van der Waals surface area contributed by atoms with Crippen molar-refractivity contribution in [3.05, 3.63) is 69.7 Å². The summed E-state index contributed by atoms with van der Waals surface area (Å²) in [5.41, 5.74) is 11.8. The highest BCUT2D eigenvalue weighted by molar-refractivity contribution is 7.89. The zero-order valence-electron chi connectivity index (χ0n) is 15.9. The Hall–Kier alpha value is -1.04. The quantitative estimate of drug-likeness (QED) is 0.650. The first-order chi connectivity index (χ1) is 13.1. The average Bonchev–Trinajstić information content (AvgIpc) is 2.64. The van der Waals surface area contributed by atoms with Gasteiger partial charge in [0.05, 0.1) is 0 Å². The van der Waals surface area contributed by atoms with Crippen LogP contribution in [0.4, 0.5) is 0 Å². The molecule has 146 valence electrons. The summed E-state index contributed by atoms with van der Waals surface area (Å²) in [6, 6.07) is 15.0. The molecule has 0 saturated carbocycles. The summed E-state index contributed by atoms with van der Waals surface area (Å²) < 4.78 is 14.9. The molecule has 27 heavy (non-hydrogen) atoms. The average molecular weight is 405 g/mol. The monoisotopic (exact) mass is 404 g/mol. The lowest BCUT2D eigenvalue weighted by Gasteiger charge is -2.32. The predicted molar refractivity (Wildman–Crippen MR) is 116 cm³/mol. The Morgan fingerprint density at radius 3 is 2.85 bits per heavy atom. The van der Waals surface area contributed by atoms with E-state index in [0.717, 1.165) is 43.7 Å². The smallest absolute Gasteiger partial charge is 0.125 e. The van der Waals surface area contributed by atoms with Gasteiger partial charge < -0.3 is 10.3 Å². The second-order valence-electron chi connectivity index (χ2n) is 7.37. The molecule has 0 bridgehead atoms. The van der Waals surface area contributed by atoms with Crippen molar-refractivity contribution in [2.45, 2.75) is 51.0 Å². The van der Waals surface area contributed by atoms with Gasteiger partial charge in [0.2, 0.25) is 0 Å². The molecule has 0 spiro atoms. The number of aryl methyl sites for hydroxylation is 1. The summed E-state index contributed by atoms with van der Waals surface area (Å²) in [4.78, 5) is 0. The molecule has 2 aromatic rings. The maximum atomic E-state index is 11.8. The molecule has 0 aliphatic heterocycles. The van der Waals surface area contributed by atoms with E-state index in [1.165, 1.54) is 22.3 Å². The fourth-order valence-corrected chi connectivity index (χ4v) is 4.93. The largest absolute Gasteiger partial charge is 0.598 e. The van der Waals surface area contributed by atoms with Crippen molar-refractivity contribution in [3.63, 3.8) is 0 Å². The molecular formula is C22H29ClN2OS. The van der Waals surface area contributed by atoms with Gasteiger partial charge in [-0.25, -0.2) is 0 Å². The Kier molecular flexibility index (Phi) is 7.62. The van der Waals surface area contributed by atoms with Crippen molar-refractivity contribution < 1.29 is 4.55 Å². The number of hydrogen-bond donors (Lipinski definition) is 2. The second-order valence-corrected chi connectivity index (χ2v) is 9.19. The minimum atomic E-state index is -0.920. The van der Waals surface area contributed by atoms with Gasteiger partial charge in [-0.3, -0.25) is 0 Å². The van der Waals surface area contributed by atoms with Gasteiger partial charge in [0.1, 0.15) is 5.75 Å². The lowest BCUT2D eigenvalue weighted by atomic mass is 9.76. The summed E-state index contributed by atoms with van der Waals surface area (Å²) in [6.45, 7) is 2.78. The molecule has 0 amide bonds. The third-order valence-electron chi connectivity index (χ3n) is 5.28. The lowest BCUT2D eigenvalue weighted by molar-refractivity contribution is 0.467. The van der Waals surface area contributed by atoms with Crippen molar-refractivity contribution in [1.82, 2.24) is 4.72 Å². The van der Waals surface area contributed by atoms with Crippen LogP contribution in [0.5, 0.6) is 0 Å². The molecule has 0 aromatic heterocycles. The first-order valence-corrected chi connectivity index (χ1v) is 11.5. The zero-order chi connectivity index (χ0) is 19.2. The molecule has 3 atom stereocenters. The minimum absolute atomic E-state index is 0.168. The number of halogens is 1. The van der Waals surface area contributed by atoms with Crippen LogP contribution in [0, 0.1) is 0 Å². The van der Waals surface area contributed by atoms with Gasteiger partial charge in [-0.05, 0) is 66.5 Å². The number of nitrogens with one attached hydrogen (secondary N) is 1. The molecule has 3 N–H and O–H groups in total. The summed E-state index contributed by atoms with van der Waals surface area (Å²) in [7, 11) is 0. The van der Waals surface area contributed by atoms with Crippen molar-refractivity contribution >= 4 is 23.0 Å². The van der Waals surface area contributed by atoms with E-state index in [9.17, 15) is 4.55 Å². The molecule has 3 nitrogen and oxygen atoms in total. The first-order valence-electron chi connectivity index (χ1n) is 9.80. The molecule has 0 saturated heterocycles. The molecule has 0 heterocycles. The van der Waals surface area contributed by atoms with Crippen LogP contribution in [0.3, 0.4) is 0 Å². The normalized spacial score (nSPS) is 20.3. The van der Waals surface area contributed by atoms with Crippen LogP contribution in [0.25, 0.3) is 0 Å². The third kappa shape index (κ3) is 5.72. The Morgan fingerprint density at radius 1 is 1.22 bits per heavy atom. The maximum absolute atomic E-state index is 11.8. The Bertz CT molecular complexity index is 755. The van der Waals surface area contributed by atoms with Crippen LogP contribution in [0.15, 0.2) is 42.5 Å². The van der Waals surface area contributed by atoms with Gasteiger partial charge in [-0.2, -0.15) is 0 Å². The zero-order valence-corrected chi connectivity index (χ0v) is 17.5. The fourth-order valence-electron chi connectivity index (χ4n) is 3.87. The van der Waals surface area contributed by atoms with E-state index >= 15 is 0 Å². The van der Waals surface area contributed by atoms with Crippen LogP contribution in [0.1, 0.15) is 47.9 Å². The van der Waals surface area contributed by atoms with E-state index < -0.39 is 11.4 Å². The standard InChI is InChI=1S/C22H29ClN2OS/c1-2-12-27(26)25-11-10-16-6-7-18-8-9-22(24)21(20(18)14-16)15-17-4-3-5-19(23)13-17/h3-7,13-14,21-22,25H,2,8-12,15,24H2,1H3. The number of hydrogen-bond acceptors (Lipinski definition) is 3. The van der Waals surface area contributed by atoms with Gasteiger partial charge in [0.25, 0.3) is 0 Å². The third-order valence-corrected chi connectivity index (χ3v) is 6.82. The van der Waals surface area contributed by atoms with Crippen molar-refractivity contribution in [2.75, 3.05) is 12.3 Å². The second kappa shape index (κ2) is 9.94. The fraction of sp³-hybridized carbons (Fsp3) is 0.455. The summed E-state index contributed by atoms with van der Waals surface area (Å²) in [5.74, 6) is 1.02. The SMILES string of the molecule is CCC[S+]([O-])NCCc1ccc2c(c1)C(Cc1cccc(Cl)c1)C(N)CC2. The van der Waals surface area contributed by atoms with Crippen LogP contribution < -0.4 is 10.5 Å². The number of rotatable bonds is 8. The van der Waals surface area contributed by atoms with E-state index in [4.69, 9.17) is 17.3 Å². The van der Waals surface area contributed by atoms with Gasteiger partial charge >= 0.3 is 0 Å². The van der Waals surface area contributed by atoms with Crippen molar-refractivity contribution in [2.24, 2.45) is 5.73 Å². The van der Waals surface area contributed by atoms with Crippen molar-refractivity contribution in [1.29, 1.82) is 0 Å². The van der Waals surface area contributed by atoms with Gasteiger partial charge in [0, 0.05) is 34.9 Å². The number of fused-ring (bicyclic) bond motifs is 1. The summed E-state index contributed by atoms with van der Waals surface area (Å²) in [5, 5.41) is 0.775. The van der Waals surface area contributed by atoms with E-state index in [2.05, 4.69) is 29.0 Å². The molecule has 1 aliphatic rings. The summed E-state index contributed by atoms with van der Waals surface area (Å²) in [6.07, 6.45) is 4.79. The van der Waals surface area contributed by atoms with Gasteiger partial charge in [-0.15, -0.1) is 4.72 Å². The Balaban J connectivity index is 1.72. The number of nitrogens with two attached hydrogens (primary N) is 1. The molecule has 0 radical (unpaired) electrons. The topological polar surface area (TPSA) is 61.1 Å². The van der Waals surface area contributed by atoms with E-state index in [1.807, 2.05) is 25.1 Å². The number of benzene rings is 2.